The second-order valence-electron chi connectivity index (χ2n) is 3.60. The molecule has 0 radical (unpaired) electrons. The summed E-state index contributed by atoms with van der Waals surface area (Å²) in [5, 5.41) is 23.0. The molecule has 0 aliphatic carbocycles. The molecule has 1 unspecified atom stereocenters. The normalized spacial score (nSPS) is 12.5. The molecule has 0 saturated carbocycles. The summed E-state index contributed by atoms with van der Waals surface area (Å²) in [5.74, 6) is 1.03. The second-order valence-corrected chi connectivity index (χ2v) is 4.61. The minimum Gasteiger partial charge on any atom is -0.396 e. The van der Waals surface area contributed by atoms with Crippen molar-refractivity contribution in [1.82, 2.24) is 9.78 Å². The molecule has 82 valence electrons. The van der Waals surface area contributed by atoms with E-state index in [1.54, 1.807) is 16.4 Å². The highest BCUT2D eigenvalue weighted by atomic mass is 32.2. The standard InChI is InChI=1S/C10H15N3OS/c1-7(5-14)6-15-10-9(4-11)8(2)12-13(10)3/h7,14H,5-6H2,1-3H3. The second kappa shape index (κ2) is 5.19. The van der Waals surface area contributed by atoms with Crippen LogP contribution in [-0.2, 0) is 7.05 Å². The van der Waals surface area contributed by atoms with Crippen molar-refractivity contribution in [1.29, 1.82) is 5.26 Å². The van der Waals surface area contributed by atoms with E-state index < -0.39 is 0 Å². The average molecular weight is 225 g/mol. The number of rotatable bonds is 4. The van der Waals surface area contributed by atoms with E-state index in [0.29, 0.717) is 5.56 Å². The highest BCUT2D eigenvalue weighted by Crippen LogP contribution is 2.25. The van der Waals surface area contributed by atoms with E-state index >= 15 is 0 Å². The molecule has 0 spiro atoms. The molecule has 1 aromatic rings. The maximum absolute atomic E-state index is 8.97. The molecule has 1 rings (SSSR count). The van der Waals surface area contributed by atoms with Crippen LogP contribution in [0.1, 0.15) is 18.2 Å². The lowest BCUT2D eigenvalue weighted by Crippen LogP contribution is -2.04. The van der Waals surface area contributed by atoms with E-state index in [2.05, 4.69) is 11.2 Å². The van der Waals surface area contributed by atoms with Gasteiger partial charge in [-0.2, -0.15) is 10.4 Å². The minimum absolute atomic E-state index is 0.172. The molecule has 1 atom stereocenters. The van der Waals surface area contributed by atoms with Crippen molar-refractivity contribution in [2.75, 3.05) is 12.4 Å². The smallest absolute Gasteiger partial charge is 0.112 e. The van der Waals surface area contributed by atoms with Gasteiger partial charge in [0.25, 0.3) is 0 Å². The molecular formula is C10H15N3OS. The van der Waals surface area contributed by atoms with Crippen molar-refractivity contribution in [3.63, 3.8) is 0 Å². The van der Waals surface area contributed by atoms with Crippen LogP contribution in [0.2, 0.25) is 0 Å². The predicted octanol–water partition coefficient (Wildman–Crippen LogP) is 1.32. The van der Waals surface area contributed by atoms with Crippen LogP contribution in [0.25, 0.3) is 0 Å². The van der Waals surface area contributed by atoms with Gasteiger partial charge in [-0.3, -0.25) is 4.68 Å². The number of aromatic nitrogens is 2. The highest BCUT2D eigenvalue weighted by Gasteiger charge is 2.14. The Kier molecular flexibility index (Phi) is 4.18. The first-order valence-electron chi connectivity index (χ1n) is 4.77. The maximum atomic E-state index is 8.97. The molecule has 1 aromatic heterocycles. The van der Waals surface area contributed by atoms with Crippen LogP contribution in [0.4, 0.5) is 0 Å². The molecule has 0 fully saturated rings. The zero-order valence-corrected chi connectivity index (χ0v) is 10.0. The van der Waals surface area contributed by atoms with Crippen molar-refractivity contribution in [2.24, 2.45) is 13.0 Å². The van der Waals surface area contributed by atoms with Crippen LogP contribution in [0.5, 0.6) is 0 Å². The summed E-state index contributed by atoms with van der Waals surface area (Å²) in [6.45, 7) is 3.98. The minimum atomic E-state index is 0.172. The lowest BCUT2D eigenvalue weighted by Gasteiger charge is -2.07. The zero-order valence-electron chi connectivity index (χ0n) is 9.19. The van der Waals surface area contributed by atoms with Crippen molar-refractivity contribution >= 4 is 11.8 Å². The van der Waals surface area contributed by atoms with E-state index in [1.165, 1.54) is 0 Å². The third-order valence-electron chi connectivity index (χ3n) is 2.10. The monoisotopic (exact) mass is 225 g/mol. The maximum Gasteiger partial charge on any atom is 0.112 e. The van der Waals surface area contributed by atoms with Gasteiger partial charge in [-0.05, 0) is 12.8 Å². The summed E-state index contributed by atoms with van der Waals surface area (Å²) in [4.78, 5) is 0. The average Bonchev–Trinajstić information content (AvgIpc) is 2.49. The Morgan fingerprint density at radius 2 is 2.33 bits per heavy atom. The van der Waals surface area contributed by atoms with Crippen LogP contribution in [0.3, 0.4) is 0 Å². The van der Waals surface area contributed by atoms with E-state index in [0.717, 1.165) is 16.5 Å². The summed E-state index contributed by atoms with van der Waals surface area (Å²) in [7, 11) is 1.83. The molecule has 4 nitrogen and oxygen atoms in total. The zero-order chi connectivity index (χ0) is 11.4. The van der Waals surface area contributed by atoms with Gasteiger partial charge in [0.1, 0.15) is 16.7 Å². The first-order valence-corrected chi connectivity index (χ1v) is 5.76. The Morgan fingerprint density at radius 1 is 1.67 bits per heavy atom. The number of hydrogen-bond donors (Lipinski definition) is 1. The van der Waals surface area contributed by atoms with Gasteiger partial charge in [0, 0.05) is 19.4 Å². The largest absolute Gasteiger partial charge is 0.396 e. The van der Waals surface area contributed by atoms with E-state index in [4.69, 9.17) is 10.4 Å². The Morgan fingerprint density at radius 3 is 2.87 bits per heavy atom. The number of aliphatic hydroxyl groups is 1. The van der Waals surface area contributed by atoms with Gasteiger partial charge in [0.05, 0.1) is 5.69 Å². The fourth-order valence-corrected chi connectivity index (χ4v) is 2.32. The summed E-state index contributed by atoms with van der Waals surface area (Å²) in [6.07, 6.45) is 0. The number of aliphatic hydroxyl groups excluding tert-OH is 1. The van der Waals surface area contributed by atoms with Gasteiger partial charge >= 0.3 is 0 Å². The summed E-state index contributed by atoms with van der Waals surface area (Å²) in [6, 6.07) is 2.16. The fraction of sp³-hybridized carbons (Fsp3) is 0.600. The highest BCUT2D eigenvalue weighted by molar-refractivity contribution is 7.99. The van der Waals surface area contributed by atoms with Gasteiger partial charge in [-0.25, -0.2) is 0 Å². The van der Waals surface area contributed by atoms with Gasteiger partial charge in [0.15, 0.2) is 0 Å². The first-order chi connectivity index (χ1) is 7.10. The first kappa shape index (κ1) is 12.1. The topological polar surface area (TPSA) is 61.8 Å². The SMILES string of the molecule is Cc1nn(C)c(SCC(C)CO)c1C#N. The fourth-order valence-electron chi connectivity index (χ4n) is 1.21. The molecular weight excluding hydrogens is 210 g/mol. The lowest BCUT2D eigenvalue weighted by atomic mass is 10.2. The van der Waals surface area contributed by atoms with Crippen LogP contribution in [0.15, 0.2) is 5.03 Å². The molecule has 0 aromatic carbocycles. The molecule has 1 heterocycles. The van der Waals surface area contributed by atoms with Gasteiger partial charge in [-0.15, -0.1) is 11.8 Å². The molecule has 15 heavy (non-hydrogen) atoms. The summed E-state index contributed by atoms with van der Waals surface area (Å²) in [5.41, 5.74) is 1.41. The van der Waals surface area contributed by atoms with Crippen molar-refractivity contribution < 1.29 is 5.11 Å². The van der Waals surface area contributed by atoms with Crippen LogP contribution >= 0.6 is 11.8 Å². The number of thioether (sulfide) groups is 1. The predicted molar refractivity (Wildman–Crippen MR) is 59.6 cm³/mol. The molecule has 1 N–H and O–H groups in total. The van der Waals surface area contributed by atoms with Crippen LogP contribution in [-0.4, -0.2) is 27.2 Å². The van der Waals surface area contributed by atoms with Crippen LogP contribution < -0.4 is 0 Å². The third-order valence-corrected chi connectivity index (χ3v) is 3.58. The quantitative estimate of drug-likeness (QED) is 0.785. The Hall–Kier alpha value is -0.990. The van der Waals surface area contributed by atoms with Crippen LogP contribution in [0, 0.1) is 24.2 Å². The van der Waals surface area contributed by atoms with E-state index in [1.807, 2.05) is 20.9 Å². The van der Waals surface area contributed by atoms with Crippen molar-refractivity contribution in [2.45, 2.75) is 18.9 Å². The lowest BCUT2D eigenvalue weighted by molar-refractivity contribution is 0.250. The molecule has 0 saturated heterocycles. The molecule has 0 aliphatic rings. The summed E-state index contributed by atoms with van der Waals surface area (Å²) >= 11 is 1.57. The van der Waals surface area contributed by atoms with Gasteiger partial charge in [-0.1, -0.05) is 6.92 Å². The van der Waals surface area contributed by atoms with Gasteiger partial charge < -0.3 is 5.11 Å². The van der Waals surface area contributed by atoms with Crippen molar-refractivity contribution in [3.05, 3.63) is 11.3 Å². The van der Waals surface area contributed by atoms with E-state index in [-0.39, 0.29) is 12.5 Å². The molecule has 0 aliphatic heterocycles. The Bertz CT molecular complexity index is 381. The summed E-state index contributed by atoms with van der Waals surface area (Å²) < 4.78 is 1.72. The van der Waals surface area contributed by atoms with E-state index in [9.17, 15) is 0 Å². The van der Waals surface area contributed by atoms with Crippen molar-refractivity contribution in [3.8, 4) is 6.07 Å². The Labute approximate surface area is 93.9 Å². The molecule has 0 bridgehead atoms. The number of nitrogens with zero attached hydrogens (tertiary/aromatic N) is 3. The number of nitriles is 1. The molecule has 5 heteroatoms. The Balaban J connectivity index is 2.81. The van der Waals surface area contributed by atoms with Gasteiger partial charge in [0.2, 0.25) is 0 Å². The molecule has 0 amide bonds. The number of hydrogen-bond acceptors (Lipinski definition) is 4. The third kappa shape index (κ3) is 2.74. The number of aryl methyl sites for hydroxylation is 2.